The van der Waals surface area contributed by atoms with E-state index in [0.29, 0.717) is 12.8 Å². The van der Waals surface area contributed by atoms with Crippen LogP contribution in [0.5, 0.6) is 5.75 Å². The molecule has 0 aliphatic rings. The Bertz CT molecular complexity index is 904. The first-order valence-electron chi connectivity index (χ1n) is 11.2. The van der Waals surface area contributed by atoms with Gasteiger partial charge in [-0.15, -0.1) is 0 Å². The van der Waals surface area contributed by atoms with Gasteiger partial charge in [-0.25, -0.2) is 0 Å². The second kappa shape index (κ2) is 11.6. The normalized spacial score (nSPS) is 13.7. The quantitative estimate of drug-likeness (QED) is 0.410. The SMILES string of the molecule is COC(=O)C(C)(C)C(CC(CC(=O)SC(C)(C)C)c1ccccc1)Nc1ccc(OC)cc1. The second-order valence-electron chi connectivity index (χ2n) is 9.77. The molecule has 0 heterocycles. The Hall–Kier alpha value is -2.47. The molecule has 180 valence electrons. The molecule has 0 spiro atoms. The maximum atomic E-state index is 12.9. The third-order valence-electron chi connectivity index (χ3n) is 5.64. The van der Waals surface area contributed by atoms with Gasteiger partial charge < -0.3 is 14.8 Å². The third-order valence-corrected chi connectivity index (χ3v) is 6.64. The van der Waals surface area contributed by atoms with E-state index in [4.69, 9.17) is 9.47 Å². The van der Waals surface area contributed by atoms with Crippen molar-refractivity contribution < 1.29 is 19.1 Å². The van der Waals surface area contributed by atoms with Crippen molar-refractivity contribution in [3.63, 3.8) is 0 Å². The molecule has 2 unspecified atom stereocenters. The predicted molar refractivity (Wildman–Crippen MR) is 137 cm³/mol. The first-order chi connectivity index (χ1) is 15.5. The zero-order chi connectivity index (χ0) is 24.6. The van der Waals surface area contributed by atoms with Gasteiger partial charge in [0.2, 0.25) is 0 Å². The highest BCUT2D eigenvalue weighted by Gasteiger charge is 2.40. The molecule has 33 heavy (non-hydrogen) atoms. The average Bonchev–Trinajstić information content (AvgIpc) is 2.77. The van der Waals surface area contributed by atoms with E-state index in [0.717, 1.165) is 17.0 Å². The van der Waals surface area contributed by atoms with E-state index in [-0.39, 0.29) is 27.8 Å². The number of anilines is 1. The van der Waals surface area contributed by atoms with Gasteiger partial charge in [0.05, 0.1) is 19.6 Å². The first kappa shape index (κ1) is 26.8. The first-order valence-corrected chi connectivity index (χ1v) is 12.0. The maximum Gasteiger partial charge on any atom is 0.313 e. The number of carbonyl (C=O) groups is 2. The number of hydrogen-bond donors (Lipinski definition) is 1. The highest BCUT2D eigenvalue weighted by molar-refractivity contribution is 8.14. The molecule has 6 heteroatoms. The van der Waals surface area contributed by atoms with Crippen molar-refractivity contribution in [3.05, 3.63) is 60.2 Å². The minimum Gasteiger partial charge on any atom is -0.497 e. The molecular weight excluding hydrogens is 434 g/mol. The van der Waals surface area contributed by atoms with Crippen LogP contribution in [0.25, 0.3) is 0 Å². The number of hydrogen-bond acceptors (Lipinski definition) is 6. The number of benzene rings is 2. The van der Waals surface area contributed by atoms with Crippen molar-refractivity contribution in [2.45, 2.75) is 64.2 Å². The van der Waals surface area contributed by atoms with Gasteiger partial charge in [-0.3, -0.25) is 9.59 Å². The fraction of sp³-hybridized carbons (Fsp3) is 0.481. The molecule has 2 rings (SSSR count). The molecular formula is C27H37NO4S. The van der Waals surface area contributed by atoms with Gasteiger partial charge in [0.1, 0.15) is 5.75 Å². The van der Waals surface area contributed by atoms with Gasteiger partial charge >= 0.3 is 5.97 Å². The topological polar surface area (TPSA) is 64.6 Å². The Labute approximate surface area is 202 Å². The minimum absolute atomic E-state index is 0.0479. The zero-order valence-corrected chi connectivity index (χ0v) is 21.6. The molecule has 0 fully saturated rings. The Morgan fingerprint density at radius 3 is 2.06 bits per heavy atom. The van der Waals surface area contributed by atoms with Crippen LogP contribution in [0.2, 0.25) is 0 Å². The van der Waals surface area contributed by atoms with Crippen LogP contribution in [-0.4, -0.2) is 36.1 Å². The van der Waals surface area contributed by atoms with E-state index in [1.54, 1.807) is 7.11 Å². The summed E-state index contributed by atoms with van der Waals surface area (Å²) in [5.41, 5.74) is 1.14. The van der Waals surface area contributed by atoms with Crippen LogP contribution in [0.3, 0.4) is 0 Å². The fourth-order valence-corrected chi connectivity index (χ4v) is 4.73. The van der Waals surface area contributed by atoms with E-state index in [1.807, 2.05) is 77.1 Å². The number of carbonyl (C=O) groups excluding carboxylic acids is 2. The van der Waals surface area contributed by atoms with E-state index in [1.165, 1.54) is 18.9 Å². The zero-order valence-electron chi connectivity index (χ0n) is 20.8. The molecule has 0 aliphatic heterocycles. The van der Waals surface area contributed by atoms with Crippen LogP contribution < -0.4 is 10.1 Å². The summed E-state index contributed by atoms with van der Waals surface area (Å²) in [5.74, 6) is 0.417. The number of ether oxygens (including phenoxy) is 2. The largest absolute Gasteiger partial charge is 0.497 e. The summed E-state index contributed by atoms with van der Waals surface area (Å²) >= 11 is 1.37. The van der Waals surface area contributed by atoms with Crippen molar-refractivity contribution >= 4 is 28.5 Å². The van der Waals surface area contributed by atoms with Crippen LogP contribution in [0.15, 0.2) is 54.6 Å². The summed E-state index contributed by atoms with van der Waals surface area (Å²) in [7, 11) is 3.04. The summed E-state index contributed by atoms with van der Waals surface area (Å²) in [6.07, 6.45) is 0.985. The number of methoxy groups -OCH3 is 2. The highest BCUT2D eigenvalue weighted by atomic mass is 32.2. The molecule has 0 radical (unpaired) electrons. The number of esters is 1. The van der Waals surface area contributed by atoms with E-state index in [2.05, 4.69) is 17.4 Å². The fourth-order valence-electron chi connectivity index (χ4n) is 3.76. The molecule has 2 atom stereocenters. The molecule has 2 aromatic rings. The van der Waals surface area contributed by atoms with Gasteiger partial charge in [0.25, 0.3) is 0 Å². The summed E-state index contributed by atoms with van der Waals surface area (Å²) in [4.78, 5) is 25.7. The van der Waals surface area contributed by atoms with Crippen LogP contribution in [0.4, 0.5) is 5.69 Å². The molecule has 5 nitrogen and oxygen atoms in total. The number of thioether (sulfide) groups is 1. The van der Waals surface area contributed by atoms with Gasteiger partial charge in [0.15, 0.2) is 5.12 Å². The summed E-state index contributed by atoms with van der Waals surface area (Å²) in [6.45, 7) is 9.89. The van der Waals surface area contributed by atoms with Crippen molar-refractivity contribution in [1.82, 2.24) is 0 Å². The lowest BCUT2D eigenvalue weighted by Crippen LogP contribution is -2.44. The third kappa shape index (κ3) is 8.11. The minimum atomic E-state index is -0.818. The second-order valence-corrected chi connectivity index (χ2v) is 11.7. The monoisotopic (exact) mass is 471 g/mol. The average molecular weight is 472 g/mol. The molecule has 0 amide bonds. The van der Waals surface area contributed by atoms with Crippen molar-refractivity contribution in [3.8, 4) is 5.75 Å². The van der Waals surface area contributed by atoms with Gasteiger partial charge in [0, 0.05) is 22.9 Å². The lowest BCUT2D eigenvalue weighted by Gasteiger charge is -2.36. The van der Waals surface area contributed by atoms with E-state index >= 15 is 0 Å². The maximum absolute atomic E-state index is 12.9. The Kier molecular flexibility index (Phi) is 9.41. The number of rotatable bonds is 10. The summed E-state index contributed by atoms with van der Waals surface area (Å²) in [5, 5.41) is 3.68. The van der Waals surface area contributed by atoms with Crippen LogP contribution >= 0.6 is 11.8 Å². The van der Waals surface area contributed by atoms with Crippen molar-refractivity contribution in [1.29, 1.82) is 0 Å². The summed E-state index contributed by atoms with van der Waals surface area (Å²) < 4.78 is 10.2. The predicted octanol–water partition coefficient (Wildman–Crippen LogP) is 6.30. The lowest BCUT2D eigenvalue weighted by atomic mass is 9.77. The van der Waals surface area contributed by atoms with Crippen molar-refractivity contribution in [2.24, 2.45) is 5.41 Å². The number of nitrogens with one attached hydrogen (secondary N) is 1. The van der Waals surface area contributed by atoms with Crippen molar-refractivity contribution in [2.75, 3.05) is 19.5 Å². The standard InChI is InChI=1S/C27H37NO4S/c1-26(2,3)33-24(29)18-20(19-11-9-8-10-12-19)17-23(27(4,5)25(30)32-7)28-21-13-15-22(31-6)16-14-21/h8-16,20,23,28H,17-18H2,1-7H3. The molecule has 0 aromatic heterocycles. The smallest absolute Gasteiger partial charge is 0.313 e. The molecule has 0 bridgehead atoms. The van der Waals surface area contributed by atoms with E-state index < -0.39 is 5.41 Å². The Morgan fingerprint density at radius 1 is 0.939 bits per heavy atom. The molecule has 1 N–H and O–H groups in total. The molecule has 0 aliphatic carbocycles. The molecule has 0 saturated carbocycles. The van der Waals surface area contributed by atoms with E-state index in [9.17, 15) is 9.59 Å². The Morgan fingerprint density at radius 2 is 1.55 bits per heavy atom. The van der Waals surface area contributed by atoms with Gasteiger partial charge in [-0.05, 0) is 56.0 Å². The highest BCUT2D eigenvalue weighted by Crippen LogP contribution is 2.37. The molecule has 2 aromatic carbocycles. The van der Waals surface area contributed by atoms with Crippen LogP contribution in [-0.2, 0) is 14.3 Å². The lowest BCUT2D eigenvalue weighted by molar-refractivity contribution is -0.151. The Balaban J connectivity index is 2.37. The van der Waals surface area contributed by atoms with Crippen LogP contribution in [0.1, 0.15) is 58.9 Å². The summed E-state index contributed by atoms with van der Waals surface area (Å²) in [6, 6.07) is 17.4. The molecule has 0 saturated heterocycles. The van der Waals surface area contributed by atoms with Gasteiger partial charge in [-0.1, -0.05) is 62.9 Å². The van der Waals surface area contributed by atoms with Gasteiger partial charge in [-0.2, -0.15) is 0 Å². The van der Waals surface area contributed by atoms with Crippen LogP contribution in [0, 0.1) is 5.41 Å².